The first-order valence-electron chi connectivity index (χ1n) is 9.85. The van der Waals surface area contributed by atoms with Gasteiger partial charge in [0.25, 0.3) is 0 Å². The third-order valence-corrected chi connectivity index (χ3v) is 5.18. The number of nitrogens with two attached hydrogens (primary N) is 1. The van der Waals surface area contributed by atoms with Gasteiger partial charge in [0.2, 0.25) is 0 Å². The fourth-order valence-electron chi connectivity index (χ4n) is 3.81. The Labute approximate surface area is 179 Å². The number of aromatic nitrogens is 2. The Kier molecular flexibility index (Phi) is 6.39. The van der Waals surface area contributed by atoms with Gasteiger partial charge in [-0.15, -0.1) is 0 Å². The molecule has 0 aliphatic carbocycles. The van der Waals surface area contributed by atoms with E-state index in [1.807, 2.05) is 0 Å². The largest absolute Gasteiger partial charge is 0.490 e. The third-order valence-electron chi connectivity index (χ3n) is 5.18. The van der Waals surface area contributed by atoms with Crippen molar-refractivity contribution in [1.29, 1.82) is 0 Å². The second-order valence-electron chi connectivity index (χ2n) is 7.06. The van der Waals surface area contributed by atoms with Gasteiger partial charge in [-0.25, -0.2) is 4.79 Å². The molecule has 11 heteroatoms. The van der Waals surface area contributed by atoms with Crippen LogP contribution < -0.4 is 26.2 Å². The standard InChI is InChI=1S/C20H26N4O7/c1-26-10-14-16(27-2)17(28-3)19(31-14)24-9-13-18(23-20(24)25)22-15-11(29-8-7-21)5-4-6-12(15)30-13/h4-6,9,14,16-17,19H,7-8,10,21H2,1-3H3,(H,22,23,25)/t14-,16?,17?,19-/m1/s1. The normalized spacial score (nSPS) is 24.1. The Hall–Kier alpha value is -2.70. The van der Waals surface area contributed by atoms with E-state index in [1.165, 1.54) is 11.7 Å². The highest BCUT2D eigenvalue weighted by molar-refractivity contribution is 5.77. The van der Waals surface area contributed by atoms with E-state index in [2.05, 4.69) is 10.3 Å². The van der Waals surface area contributed by atoms with Crippen LogP contribution in [0.25, 0.3) is 0 Å². The molecule has 0 amide bonds. The predicted molar refractivity (Wildman–Crippen MR) is 110 cm³/mol. The van der Waals surface area contributed by atoms with Crippen molar-refractivity contribution in [3.63, 3.8) is 0 Å². The molecule has 11 nitrogen and oxygen atoms in total. The van der Waals surface area contributed by atoms with Crippen LogP contribution in [0.15, 0.2) is 29.2 Å². The van der Waals surface area contributed by atoms with E-state index in [-0.39, 0.29) is 5.82 Å². The minimum absolute atomic E-state index is 0.279. The summed E-state index contributed by atoms with van der Waals surface area (Å²) in [6, 6.07) is 5.38. The van der Waals surface area contributed by atoms with Gasteiger partial charge in [0.05, 0.1) is 12.8 Å². The van der Waals surface area contributed by atoms with Gasteiger partial charge in [-0.1, -0.05) is 6.07 Å². The number of nitrogens with one attached hydrogen (secondary N) is 1. The molecule has 1 saturated heterocycles. The number of hydrogen-bond donors (Lipinski definition) is 2. The monoisotopic (exact) mass is 434 g/mol. The maximum Gasteiger partial charge on any atom is 0.351 e. The average molecular weight is 434 g/mol. The fraction of sp³-hybridized carbons (Fsp3) is 0.500. The smallest absolute Gasteiger partial charge is 0.351 e. The van der Waals surface area contributed by atoms with Crippen LogP contribution in [0.3, 0.4) is 0 Å². The Bertz CT molecular complexity index is 982. The summed E-state index contributed by atoms with van der Waals surface area (Å²) in [6.45, 7) is 1.01. The van der Waals surface area contributed by atoms with E-state index in [4.69, 9.17) is 34.2 Å². The summed E-state index contributed by atoms with van der Waals surface area (Å²) in [7, 11) is 4.67. The van der Waals surface area contributed by atoms with Crippen molar-refractivity contribution < 1.29 is 28.4 Å². The number of ether oxygens (including phenoxy) is 6. The maximum absolute atomic E-state index is 12.9. The number of nitrogens with zero attached hydrogens (tertiary/aromatic N) is 2. The lowest BCUT2D eigenvalue weighted by molar-refractivity contribution is -0.0674. The summed E-state index contributed by atoms with van der Waals surface area (Å²) < 4.78 is 35.4. The third kappa shape index (κ3) is 3.98. The van der Waals surface area contributed by atoms with Crippen molar-refractivity contribution in [1.82, 2.24) is 9.55 Å². The molecule has 2 aromatic rings. The molecular weight excluding hydrogens is 408 g/mol. The summed E-state index contributed by atoms with van der Waals surface area (Å²) in [5.74, 6) is 1.74. The molecule has 2 aliphatic heterocycles. The molecule has 168 valence electrons. The van der Waals surface area contributed by atoms with E-state index >= 15 is 0 Å². The first-order chi connectivity index (χ1) is 15.1. The van der Waals surface area contributed by atoms with E-state index in [9.17, 15) is 4.79 Å². The van der Waals surface area contributed by atoms with Gasteiger partial charge < -0.3 is 39.5 Å². The van der Waals surface area contributed by atoms with Crippen molar-refractivity contribution in [2.75, 3.05) is 46.4 Å². The Morgan fingerprint density at radius 2 is 2.00 bits per heavy atom. The minimum atomic E-state index is -0.760. The Morgan fingerprint density at radius 3 is 2.71 bits per heavy atom. The van der Waals surface area contributed by atoms with Gasteiger partial charge in [0, 0.05) is 27.9 Å². The van der Waals surface area contributed by atoms with E-state index in [0.29, 0.717) is 42.7 Å². The summed E-state index contributed by atoms with van der Waals surface area (Å²) >= 11 is 0. The molecule has 0 radical (unpaired) electrons. The topological polar surface area (TPSA) is 128 Å². The van der Waals surface area contributed by atoms with Crippen LogP contribution in [0.5, 0.6) is 17.2 Å². The number of hydrogen-bond acceptors (Lipinski definition) is 10. The predicted octanol–water partition coefficient (Wildman–Crippen LogP) is 1.00. The van der Waals surface area contributed by atoms with E-state index in [0.717, 1.165) is 0 Å². The van der Waals surface area contributed by atoms with Crippen molar-refractivity contribution in [2.45, 2.75) is 24.5 Å². The minimum Gasteiger partial charge on any atom is -0.490 e. The van der Waals surface area contributed by atoms with E-state index < -0.39 is 30.2 Å². The molecule has 1 aromatic carbocycles. The fourth-order valence-corrected chi connectivity index (χ4v) is 3.81. The molecule has 0 bridgehead atoms. The zero-order chi connectivity index (χ0) is 22.0. The van der Waals surface area contributed by atoms with Gasteiger partial charge in [-0.2, -0.15) is 4.98 Å². The first kappa shape index (κ1) is 21.5. The molecule has 0 spiro atoms. The molecule has 4 atom stereocenters. The molecule has 1 fully saturated rings. The van der Waals surface area contributed by atoms with Crippen LogP contribution in [0, 0.1) is 0 Å². The number of fused-ring (bicyclic) bond motifs is 2. The highest BCUT2D eigenvalue weighted by atomic mass is 16.6. The summed E-state index contributed by atoms with van der Waals surface area (Å²) in [5.41, 5.74) is 5.58. The maximum atomic E-state index is 12.9. The van der Waals surface area contributed by atoms with Crippen molar-refractivity contribution in [3.8, 4) is 17.2 Å². The van der Waals surface area contributed by atoms with Gasteiger partial charge in [-0.05, 0) is 12.1 Å². The summed E-state index contributed by atoms with van der Waals surface area (Å²) in [6.07, 6.45) is -0.575. The van der Waals surface area contributed by atoms with Crippen LogP contribution >= 0.6 is 0 Å². The quantitative estimate of drug-likeness (QED) is 0.530. The summed E-state index contributed by atoms with van der Waals surface area (Å²) in [4.78, 5) is 17.0. The van der Waals surface area contributed by atoms with Gasteiger partial charge in [0.1, 0.15) is 36.4 Å². The van der Waals surface area contributed by atoms with Crippen LogP contribution in [-0.2, 0) is 18.9 Å². The van der Waals surface area contributed by atoms with Crippen molar-refractivity contribution >= 4 is 11.5 Å². The molecule has 4 rings (SSSR count). The SMILES string of the molecule is COC[C@H]1O[C@@H](n2cc3c(nc2=O)Nc2c(OCCN)cccc2O3)C(OC)C1OC. The molecule has 31 heavy (non-hydrogen) atoms. The molecule has 2 unspecified atom stereocenters. The second-order valence-corrected chi connectivity index (χ2v) is 7.06. The lowest BCUT2D eigenvalue weighted by atomic mass is 10.1. The molecule has 3 heterocycles. The highest BCUT2D eigenvalue weighted by Gasteiger charge is 2.47. The molecular formula is C20H26N4O7. The molecule has 2 aliphatic rings. The number of benzene rings is 1. The Morgan fingerprint density at radius 1 is 1.19 bits per heavy atom. The van der Waals surface area contributed by atoms with Crippen molar-refractivity contribution in [3.05, 3.63) is 34.9 Å². The zero-order valence-corrected chi connectivity index (χ0v) is 17.6. The first-order valence-corrected chi connectivity index (χ1v) is 9.85. The number of anilines is 2. The second kappa shape index (κ2) is 9.20. The zero-order valence-electron chi connectivity index (χ0n) is 17.6. The number of rotatable bonds is 8. The number of para-hydroxylation sites is 1. The van der Waals surface area contributed by atoms with Gasteiger partial charge in [0.15, 0.2) is 23.5 Å². The lowest BCUT2D eigenvalue weighted by Gasteiger charge is -2.25. The van der Waals surface area contributed by atoms with Crippen LogP contribution in [-0.4, -0.2) is 69.0 Å². The summed E-state index contributed by atoms with van der Waals surface area (Å²) in [5, 5.41) is 3.12. The average Bonchev–Trinajstić information content (AvgIpc) is 3.13. The van der Waals surface area contributed by atoms with Crippen molar-refractivity contribution in [2.24, 2.45) is 5.73 Å². The van der Waals surface area contributed by atoms with Crippen LogP contribution in [0.4, 0.5) is 11.5 Å². The van der Waals surface area contributed by atoms with Gasteiger partial charge in [-0.3, -0.25) is 4.57 Å². The molecule has 0 saturated carbocycles. The van der Waals surface area contributed by atoms with Crippen LogP contribution in [0.1, 0.15) is 6.23 Å². The van der Waals surface area contributed by atoms with Crippen LogP contribution in [0.2, 0.25) is 0 Å². The number of methoxy groups -OCH3 is 3. The van der Waals surface area contributed by atoms with Gasteiger partial charge >= 0.3 is 5.69 Å². The highest BCUT2D eigenvalue weighted by Crippen LogP contribution is 2.45. The van der Waals surface area contributed by atoms with E-state index in [1.54, 1.807) is 38.6 Å². The molecule has 3 N–H and O–H groups in total. The molecule has 1 aromatic heterocycles. The lowest BCUT2D eigenvalue weighted by Crippen LogP contribution is -2.39. The Balaban J connectivity index is 1.66.